The van der Waals surface area contributed by atoms with Gasteiger partial charge in [0.2, 0.25) is 0 Å². The number of anilines is 1. The predicted molar refractivity (Wildman–Crippen MR) is 78.5 cm³/mol. The van der Waals surface area contributed by atoms with E-state index in [2.05, 4.69) is 17.2 Å². The van der Waals surface area contributed by atoms with E-state index in [4.69, 9.17) is 9.47 Å². The molecule has 2 aromatic rings. The monoisotopic (exact) mass is 260 g/mol. The molecular formula is C15H20N2O2. The van der Waals surface area contributed by atoms with Crippen LogP contribution in [0, 0.1) is 6.92 Å². The van der Waals surface area contributed by atoms with E-state index in [0.29, 0.717) is 5.75 Å². The molecule has 0 aliphatic heterocycles. The minimum atomic E-state index is 0.702. The average molecular weight is 260 g/mol. The topological polar surface area (TPSA) is 43.4 Å². The van der Waals surface area contributed by atoms with Crippen molar-refractivity contribution >= 4 is 16.6 Å². The highest BCUT2D eigenvalue weighted by Gasteiger charge is 2.14. The highest BCUT2D eigenvalue weighted by molar-refractivity contribution is 5.95. The van der Waals surface area contributed by atoms with E-state index in [9.17, 15) is 0 Å². The minimum Gasteiger partial charge on any atom is -0.493 e. The second-order valence-electron chi connectivity index (χ2n) is 4.38. The van der Waals surface area contributed by atoms with Crippen molar-refractivity contribution in [1.82, 2.24) is 4.98 Å². The fourth-order valence-electron chi connectivity index (χ4n) is 2.47. The van der Waals surface area contributed by atoms with E-state index >= 15 is 0 Å². The summed E-state index contributed by atoms with van der Waals surface area (Å²) in [6, 6.07) is 3.90. The molecule has 0 spiro atoms. The number of hydrogen-bond acceptors (Lipinski definition) is 4. The highest BCUT2D eigenvalue weighted by atomic mass is 16.5. The molecule has 0 bridgehead atoms. The van der Waals surface area contributed by atoms with Gasteiger partial charge in [0.15, 0.2) is 11.5 Å². The molecule has 2 rings (SSSR count). The second-order valence-corrected chi connectivity index (χ2v) is 4.38. The molecule has 1 N–H and O–H groups in total. The van der Waals surface area contributed by atoms with Gasteiger partial charge in [-0.1, -0.05) is 6.92 Å². The van der Waals surface area contributed by atoms with E-state index in [-0.39, 0.29) is 0 Å². The summed E-state index contributed by atoms with van der Waals surface area (Å²) < 4.78 is 10.7. The Labute approximate surface area is 113 Å². The molecule has 1 heterocycles. The lowest BCUT2D eigenvalue weighted by Gasteiger charge is -2.16. The van der Waals surface area contributed by atoms with Crippen molar-refractivity contribution in [2.24, 2.45) is 0 Å². The maximum Gasteiger partial charge on any atom is 0.162 e. The molecule has 4 heteroatoms. The summed E-state index contributed by atoms with van der Waals surface area (Å²) in [5.41, 5.74) is 4.32. The van der Waals surface area contributed by atoms with Gasteiger partial charge >= 0.3 is 0 Å². The summed E-state index contributed by atoms with van der Waals surface area (Å²) in [5, 5.41) is 4.34. The number of aryl methyl sites for hydroxylation is 1. The van der Waals surface area contributed by atoms with Crippen molar-refractivity contribution < 1.29 is 9.47 Å². The van der Waals surface area contributed by atoms with Crippen molar-refractivity contribution in [1.29, 1.82) is 0 Å². The Hall–Kier alpha value is -1.97. The molecule has 4 nitrogen and oxygen atoms in total. The quantitative estimate of drug-likeness (QED) is 0.917. The van der Waals surface area contributed by atoms with Crippen LogP contribution in [0.3, 0.4) is 0 Å². The number of aromatic nitrogens is 1. The van der Waals surface area contributed by atoms with E-state index in [1.54, 1.807) is 14.2 Å². The first-order valence-corrected chi connectivity index (χ1v) is 6.39. The zero-order chi connectivity index (χ0) is 14.0. The van der Waals surface area contributed by atoms with Crippen LogP contribution in [0.15, 0.2) is 12.1 Å². The number of methoxy groups -OCH3 is 2. The number of pyridine rings is 1. The lowest BCUT2D eigenvalue weighted by Crippen LogP contribution is -2.02. The first-order chi connectivity index (χ1) is 9.15. The number of nitrogens with zero attached hydrogens (tertiary/aromatic N) is 1. The van der Waals surface area contributed by atoms with Gasteiger partial charge in [-0.15, -0.1) is 0 Å². The molecule has 1 aromatic heterocycles. The normalized spacial score (nSPS) is 10.6. The first-order valence-electron chi connectivity index (χ1n) is 6.39. The van der Waals surface area contributed by atoms with Gasteiger partial charge in [0.05, 0.1) is 19.7 Å². The number of rotatable bonds is 4. The van der Waals surface area contributed by atoms with Gasteiger partial charge in [-0.2, -0.15) is 0 Å². The zero-order valence-electron chi connectivity index (χ0n) is 12.1. The molecule has 0 radical (unpaired) electrons. The summed E-state index contributed by atoms with van der Waals surface area (Å²) in [6.07, 6.45) is 0.944. The standard InChI is InChI=1S/C15H20N2O2/c1-6-10-9(2)17-12-8-14(19-5)13(18-4)7-11(12)15(10)16-3/h7-8H,6H2,1-5H3,(H,16,17). The highest BCUT2D eigenvalue weighted by Crippen LogP contribution is 2.36. The second kappa shape index (κ2) is 5.34. The van der Waals surface area contributed by atoms with Gasteiger partial charge in [0.25, 0.3) is 0 Å². The third kappa shape index (κ3) is 2.18. The van der Waals surface area contributed by atoms with Gasteiger partial charge < -0.3 is 14.8 Å². The molecule has 0 saturated heterocycles. The van der Waals surface area contributed by atoms with E-state index < -0.39 is 0 Å². The number of hydrogen-bond donors (Lipinski definition) is 1. The summed E-state index contributed by atoms with van der Waals surface area (Å²) in [6.45, 7) is 4.17. The summed E-state index contributed by atoms with van der Waals surface area (Å²) in [5.74, 6) is 1.42. The lowest BCUT2D eigenvalue weighted by atomic mass is 10.0. The van der Waals surface area contributed by atoms with Crippen LogP contribution in [-0.2, 0) is 6.42 Å². The molecule has 0 unspecified atom stereocenters. The first kappa shape index (κ1) is 13.5. The molecule has 0 amide bonds. The van der Waals surface area contributed by atoms with Crippen LogP contribution < -0.4 is 14.8 Å². The lowest BCUT2D eigenvalue weighted by molar-refractivity contribution is 0.356. The van der Waals surface area contributed by atoms with Crippen LogP contribution in [0.1, 0.15) is 18.2 Å². The van der Waals surface area contributed by atoms with Crippen LogP contribution in [0.2, 0.25) is 0 Å². The smallest absolute Gasteiger partial charge is 0.162 e. The van der Waals surface area contributed by atoms with Crippen molar-refractivity contribution in [2.45, 2.75) is 20.3 Å². The molecule has 0 saturated carbocycles. The van der Waals surface area contributed by atoms with Crippen LogP contribution >= 0.6 is 0 Å². The molecule has 0 atom stereocenters. The van der Waals surface area contributed by atoms with Crippen LogP contribution in [-0.4, -0.2) is 26.3 Å². The van der Waals surface area contributed by atoms with Crippen LogP contribution in [0.25, 0.3) is 10.9 Å². The molecule has 19 heavy (non-hydrogen) atoms. The fraction of sp³-hybridized carbons (Fsp3) is 0.400. The van der Waals surface area contributed by atoms with Crippen molar-refractivity contribution in [3.8, 4) is 11.5 Å². The molecule has 0 aliphatic rings. The maximum absolute atomic E-state index is 5.37. The van der Waals surface area contributed by atoms with E-state index in [1.165, 1.54) is 5.56 Å². The van der Waals surface area contributed by atoms with Gasteiger partial charge in [0.1, 0.15) is 0 Å². The number of fused-ring (bicyclic) bond motifs is 1. The fourth-order valence-corrected chi connectivity index (χ4v) is 2.47. The SMILES string of the molecule is CCc1c(C)nc2cc(OC)c(OC)cc2c1NC. The number of benzene rings is 1. The van der Waals surface area contributed by atoms with E-state index in [1.807, 2.05) is 26.1 Å². The van der Waals surface area contributed by atoms with Crippen LogP contribution in [0.5, 0.6) is 11.5 Å². The van der Waals surface area contributed by atoms with Crippen LogP contribution in [0.4, 0.5) is 5.69 Å². The van der Waals surface area contributed by atoms with Gasteiger partial charge in [0, 0.05) is 29.9 Å². The maximum atomic E-state index is 5.37. The largest absolute Gasteiger partial charge is 0.493 e. The average Bonchev–Trinajstić information content (AvgIpc) is 2.44. The van der Waals surface area contributed by atoms with Gasteiger partial charge in [-0.3, -0.25) is 4.98 Å². The Morgan fingerprint density at radius 1 is 1.16 bits per heavy atom. The Morgan fingerprint density at radius 2 is 1.79 bits per heavy atom. The molecule has 0 fully saturated rings. The molecule has 102 valence electrons. The van der Waals surface area contributed by atoms with Gasteiger partial charge in [-0.05, 0) is 25.0 Å². The number of ether oxygens (including phenoxy) is 2. The third-order valence-corrected chi connectivity index (χ3v) is 3.40. The Bertz CT molecular complexity index is 609. The Kier molecular flexibility index (Phi) is 3.79. The van der Waals surface area contributed by atoms with Gasteiger partial charge in [-0.25, -0.2) is 0 Å². The summed E-state index contributed by atoms with van der Waals surface area (Å²) in [7, 11) is 5.21. The van der Waals surface area contributed by atoms with Crippen molar-refractivity contribution in [3.05, 3.63) is 23.4 Å². The Balaban J connectivity index is 2.83. The van der Waals surface area contributed by atoms with Crippen molar-refractivity contribution in [2.75, 3.05) is 26.6 Å². The predicted octanol–water partition coefficient (Wildman–Crippen LogP) is 3.16. The summed E-state index contributed by atoms with van der Waals surface area (Å²) >= 11 is 0. The number of nitrogens with one attached hydrogen (secondary N) is 1. The Morgan fingerprint density at radius 3 is 2.32 bits per heavy atom. The molecule has 0 aliphatic carbocycles. The zero-order valence-corrected chi connectivity index (χ0v) is 12.1. The molecular weight excluding hydrogens is 240 g/mol. The van der Waals surface area contributed by atoms with E-state index in [0.717, 1.165) is 34.5 Å². The third-order valence-electron chi connectivity index (χ3n) is 3.40. The summed E-state index contributed by atoms with van der Waals surface area (Å²) in [4.78, 5) is 4.66. The minimum absolute atomic E-state index is 0.702. The van der Waals surface area contributed by atoms with Crippen molar-refractivity contribution in [3.63, 3.8) is 0 Å². The molecule has 1 aromatic carbocycles.